The van der Waals surface area contributed by atoms with E-state index in [2.05, 4.69) is 10.3 Å². The van der Waals surface area contributed by atoms with Gasteiger partial charge in [0.15, 0.2) is 0 Å². The molecule has 0 saturated carbocycles. The first kappa shape index (κ1) is 7.63. The highest BCUT2D eigenvalue weighted by atomic mass is 14.8. The molecule has 0 atom stereocenters. The molecule has 0 aromatic heterocycles. The number of hydrogen-bond donors (Lipinski definition) is 1. The molecule has 8 heavy (non-hydrogen) atoms. The zero-order valence-electron chi connectivity index (χ0n) is 5.65. The molecule has 1 N–H and O–H groups in total. The largest absolute Gasteiger partial charge is 0.319 e. The van der Waals surface area contributed by atoms with Crippen LogP contribution in [0.2, 0.25) is 0 Å². The summed E-state index contributed by atoms with van der Waals surface area (Å²) in [6.45, 7) is 3.98. The van der Waals surface area contributed by atoms with Crippen LogP contribution in [0.4, 0.5) is 0 Å². The van der Waals surface area contributed by atoms with Crippen LogP contribution in [-0.4, -0.2) is 26.4 Å². The van der Waals surface area contributed by atoms with E-state index < -0.39 is 0 Å². The van der Waals surface area contributed by atoms with Crippen molar-refractivity contribution in [2.75, 3.05) is 20.1 Å². The van der Waals surface area contributed by atoms with Gasteiger partial charge in [0.2, 0.25) is 0 Å². The standard InChI is InChI=1S/C6H14N2/c1-3-8-6-4-5-7-2/h6-7H,3-5H2,1-2H3/b8-6+. The van der Waals surface area contributed by atoms with E-state index in [4.69, 9.17) is 0 Å². The zero-order chi connectivity index (χ0) is 6.24. The Bertz CT molecular complexity index is 59.5. The number of hydrogen-bond acceptors (Lipinski definition) is 2. The molecule has 0 amide bonds. The number of aliphatic imine (C=N–C) groups is 1. The molecule has 0 fully saturated rings. The van der Waals surface area contributed by atoms with Gasteiger partial charge < -0.3 is 5.32 Å². The SMILES string of the molecule is CC/N=C/CCNC. The van der Waals surface area contributed by atoms with Gasteiger partial charge in [-0.1, -0.05) is 0 Å². The first-order valence-corrected chi connectivity index (χ1v) is 3.04. The van der Waals surface area contributed by atoms with Gasteiger partial charge in [0, 0.05) is 6.54 Å². The van der Waals surface area contributed by atoms with E-state index in [1.807, 2.05) is 20.2 Å². The smallest absolute Gasteiger partial charge is 0.0357 e. The Labute approximate surface area is 51.0 Å². The van der Waals surface area contributed by atoms with Gasteiger partial charge in [0.25, 0.3) is 0 Å². The van der Waals surface area contributed by atoms with E-state index >= 15 is 0 Å². The normalized spacial score (nSPS) is 10.8. The Kier molecular flexibility index (Phi) is 6.32. The monoisotopic (exact) mass is 114 g/mol. The van der Waals surface area contributed by atoms with Crippen molar-refractivity contribution in [1.29, 1.82) is 0 Å². The van der Waals surface area contributed by atoms with Gasteiger partial charge in [-0.15, -0.1) is 0 Å². The van der Waals surface area contributed by atoms with Crippen molar-refractivity contribution in [3.63, 3.8) is 0 Å². The van der Waals surface area contributed by atoms with Crippen LogP contribution in [0.5, 0.6) is 0 Å². The van der Waals surface area contributed by atoms with Gasteiger partial charge >= 0.3 is 0 Å². The summed E-state index contributed by atoms with van der Waals surface area (Å²) in [5, 5.41) is 3.04. The van der Waals surface area contributed by atoms with Crippen molar-refractivity contribution in [2.24, 2.45) is 4.99 Å². The Morgan fingerprint density at radius 1 is 1.62 bits per heavy atom. The number of rotatable bonds is 4. The summed E-state index contributed by atoms with van der Waals surface area (Å²) in [6, 6.07) is 0. The molecule has 0 aliphatic heterocycles. The molecule has 0 radical (unpaired) electrons. The van der Waals surface area contributed by atoms with E-state index in [0.717, 1.165) is 19.5 Å². The average molecular weight is 114 g/mol. The van der Waals surface area contributed by atoms with Gasteiger partial charge in [-0.05, 0) is 33.2 Å². The predicted molar refractivity (Wildman–Crippen MR) is 37.6 cm³/mol. The Balaban J connectivity index is 2.80. The van der Waals surface area contributed by atoms with Crippen LogP contribution >= 0.6 is 0 Å². The molecule has 0 aliphatic carbocycles. The summed E-state index contributed by atoms with van der Waals surface area (Å²) < 4.78 is 0. The molecule has 2 heteroatoms. The third-order valence-corrected chi connectivity index (χ3v) is 0.835. The second-order valence-electron chi connectivity index (χ2n) is 1.57. The Morgan fingerprint density at radius 3 is 2.88 bits per heavy atom. The van der Waals surface area contributed by atoms with Gasteiger partial charge in [-0.2, -0.15) is 0 Å². The Hall–Kier alpha value is -0.370. The lowest BCUT2D eigenvalue weighted by Gasteiger charge is -1.88. The fourth-order valence-electron chi connectivity index (χ4n) is 0.429. The van der Waals surface area contributed by atoms with E-state index in [1.165, 1.54) is 0 Å². The van der Waals surface area contributed by atoms with E-state index in [1.54, 1.807) is 0 Å². The molecule has 0 unspecified atom stereocenters. The maximum Gasteiger partial charge on any atom is 0.0357 e. The highest BCUT2D eigenvalue weighted by molar-refractivity contribution is 5.57. The first-order valence-electron chi connectivity index (χ1n) is 3.04. The summed E-state index contributed by atoms with van der Waals surface area (Å²) in [5.41, 5.74) is 0. The topological polar surface area (TPSA) is 24.4 Å². The molecule has 0 rings (SSSR count). The van der Waals surface area contributed by atoms with Crippen molar-refractivity contribution < 1.29 is 0 Å². The van der Waals surface area contributed by atoms with E-state index in [-0.39, 0.29) is 0 Å². The fraction of sp³-hybridized carbons (Fsp3) is 0.833. The molecule has 48 valence electrons. The lowest BCUT2D eigenvalue weighted by atomic mass is 10.5. The molecule has 0 spiro atoms. The second kappa shape index (κ2) is 6.63. The number of nitrogens with zero attached hydrogens (tertiary/aromatic N) is 1. The summed E-state index contributed by atoms with van der Waals surface area (Å²) >= 11 is 0. The van der Waals surface area contributed by atoms with Crippen molar-refractivity contribution in [3.05, 3.63) is 0 Å². The maximum absolute atomic E-state index is 4.04. The van der Waals surface area contributed by atoms with Crippen LogP contribution in [0.25, 0.3) is 0 Å². The van der Waals surface area contributed by atoms with Crippen LogP contribution < -0.4 is 5.32 Å². The molecule has 0 aliphatic rings. The molecule has 0 saturated heterocycles. The van der Waals surface area contributed by atoms with Crippen molar-refractivity contribution in [1.82, 2.24) is 5.32 Å². The van der Waals surface area contributed by atoms with Crippen LogP contribution in [0.15, 0.2) is 4.99 Å². The predicted octanol–water partition coefficient (Wildman–Crippen LogP) is 0.687. The van der Waals surface area contributed by atoms with Gasteiger partial charge in [-0.3, -0.25) is 4.99 Å². The molecule has 0 heterocycles. The second-order valence-corrected chi connectivity index (χ2v) is 1.57. The molecule has 0 aromatic carbocycles. The van der Waals surface area contributed by atoms with Crippen LogP contribution in [0, 0.1) is 0 Å². The summed E-state index contributed by atoms with van der Waals surface area (Å²) in [5.74, 6) is 0. The summed E-state index contributed by atoms with van der Waals surface area (Å²) in [4.78, 5) is 4.04. The van der Waals surface area contributed by atoms with Crippen molar-refractivity contribution >= 4 is 6.21 Å². The third-order valence-electron chi connectivity index (χ3n) is 0.835. The van der Waals surface area contributed by atoms with Gasteiger partial charge in [0.1, 0.15) is 0 Å². The van der Waals surface area contributed by atoms with E-state index in [0.29, 0.717) is 0 Å². The van der Waals surface area contributed by atoms with Crippen LogP contribution in [-0.2, 0) is 0 Å². The van der Waals surface area contributed by atoms with Crippen LogP contribution in [0.3, 0.4) is 0 Å². The van der Waals surface area contributed by atoms with Gasteiger partial charge in [-0.25, -0.2) is 0 Å². The van der Waals surface area contributed by atoms with Crippen LogP contribution in [0.1, 0.15) is 13.3 Å². The van der Waals surface area contributed by atoms with E-state index in [9.17, 15) is 0 Å². The maximum atomic E-state index is 4.04. The molecular weight excluding hydrogens is 100 g/mol. The minimum Gasteiger partial charge on any atom is -0.319 e. The van der Waals surface area contributed by atoms with Crippen molar-refractivity contribution in [3.8, 4) is 0 Å². The number of nitrogens with one attached hydrogen (secondary N) is 1. The molecule has 0 bridgehead atoms. The highest BCUT2D eigenvalue weighted by Crippen LogP contribution is 1.69. The van der Waals surface area contributed by atoms with Crippen molar-refractivity contribution in [2.45, 2.75) is 13.3 Å². The third kappa shape index (κ3) is 5.63. The molecular formula is C6H14N2. The molecule has 0 aromatic rings. The quantitative estimate of drug-likeness (QED) is 0.422. The summed E-state index contributed by atoms with van der Waals surface area (Å²) in [6.07, 6.45) is 3.00. The zero-order valence-corrected chi connectivity index (χ0v) is 5.65. The van der Waals surface area contributed by atoms with Gasteiger partial charge in [0.05, 0.1) is 0 Å². The minimum atomic E-state index is 0.906. The highest BCUT2D eigenvalue weighted by Gasteiger charge is 1.73. The minimum absolute atomic E-state index is 0.906. The Morgan fingerprint density at radius 2 is 2.38 bits per heavy atom. The first-order chi connectivity index (χ1) is 3.91. The molecule has 2 nitrogen and oxygen atoms in total. The lowest BCUT2D eigenvalue weighted by Crippen LogP contribution is -2.07. The summed E-state index contributed by atoms with van der Waals surface area (Å²) in [7, 11) is 1.94. The lowest BCUT2D eigenvalue weighted by molar-refractivity contribution is 0.828. The fourth-order valence-corrected chi connectivity index (χ4v) is 0.429. The average Bonchev–Trinajstić information content (AvgIpc) is 1.81.